The zero-order valence-corrected chi connectivity index (χ0v) is 16.7. The summed E-state index contributed by atoms with van der Waals surface area (Å²) < 4.78 is 26.9. The third-order valence-electron chi connectivity index (χ3n) is 4.45. The smallest absolute Gasteiger partial charge is 0.269 e. The second kappa shape index (κ2) is 8.83. The molecule has 0 aliphatic heterocycles. The van der Waals surface area contributed by atoms with Gasteiger partial charge in [-0.1, -0.05) is 35.9 Å². The van der Waals surface area contributed by atoms with Crippen molar-refractivity contribution in [1.82, 2.24) is 14.3 Å². The van der Waals surface area contributed by atoms with Crippen molar-refractivity contribution in [3.8, 4) is 0 Å². The first-order chi connectivity index (χ1) is 13.9. The number of aldehydes is 1. The van der Waals surface area contributed by atoms with Gasteiger partial charge in [-0.3, -0.25) is 9.59 Å². The molecule has 1 aromatic heterocycles. The SMILES string of the molecule is Cc1ccc(S(=O)(=O)n2ccnc2CCCNC(=O)c2ccccc2C=O)cc1. The van der Waals surface area contributed by atoms with Gasteiger partial charge in [-0.05, 0) is 31.5 Å². The molecular formula is C21H21N3O4S. The summed E-state index contributed by atoms with van der Waals surface area (Å²) in [5, 5.41) is 2.75. The molecule has 0 radical (unpaired) electrons. The first-order valence-corrected chi connectivity index (χ1v) is 10.5. The Morgan fingerprint density at radius 2 is 1.86 bits per heavy atom. The van der Waals surface area contributed by atoms with E-state index >= 15 is 0 Å². The maximum absolute atomic E-state index is 12.8. The second-order valence-electron chi connectivity index (χ2n) is 6.52. The highest BCUT2D eigenvalue weighted by Gasteiger charge is 2.20. The molecule has 29 heavy (non-hydrogen) atoms. The van der Waals surface area contributed by atoms with Crippen molar-refractivity contribution >= 4 is 22.2 Å². The number of nitrogens with one attached hydrogen (secondary N) is 1. The lowest BCUT2D eigenvalue weighted by molar-refractivity contribution is 0.0947. The van der Waals surface area contributed by atoms with E-state index in [1.54, 1.807) is 48.5 Å². The van der Waals surface area contributed by atoms with Crippen molar-refractivity contribution in [2.24, 2.45) is 0 Å². The number of nitrogens with zero attached hydrogens (tertiary/aromatic N) is 2. The predicted molar refractivity (Wildman–Crippen MR) is 108 cm³/mol. The highest BCUT2D eigenvalue weighted by molar-refractivity contribution is 7.90. The number of aryl methyl sites for hydroxylation is 2. The molecule has 2 aromatic carbocycles. The Bertz CT molecular complexity index is 1120. The Balaban J connectivity index is 1.63. The summed E-state index contributed by atoms with van der Waals surface area (Å²) in [5.41, 5.74) is 1.61. The molecular weight excluding hydrogens is 390 g/mol. The third-order valence-corrected chi connectivity index (χ3v) is 6.17. The zero-order chi connectivity index (χ0) is 20.9. The van der Waals surface area contributed by atoms with Crippen molar-refractivity contribution in [2.75, 3.05) is 6.54 Å². The molecule has 3 rings (SSSR count). The monoisotopic (exact) mass is 411 g/mol. The summed E-state index contributed by atoms with van der Waals surface area (Å²) in [7, 11) is -3.72. The first-order valence-electron chi connectivity index (χ1n) is 9.10. The van der Waals surface area contributed by atoms with Crippen LogP contribution in [0.3, 0.4) is 0 Å². The fraction of sp³-hybridized carbons (Fsp3) is 0.190. The molecule has 150 valence electrons. The van der Waals surface area contributed by atoms with Gasteiger partial charge in [-0.25, -0.2) is 17.4 Å². The molecule has 1 heterocycles. The summed E-state index contributed by atoms with van der Waals surface area (Å²) in [6.07, 6.45) is 4.37. The van der Waals surface area contributed by atoms with Crippen molar-refractivity contribution < 1.29 is 18.0 Å². The lowest BCUT2D eigenvalue weighted by Gasteiger charge is -2.10. The van der Waals surface area contributed by atoms with Crippen LogP contribution in [0.5, 0.6) is 0 Å². The standard InChI is InChI=1S/C21H21N3O4S/c1-16-8-10-18(11-9-16)29(27,28)24-14-13-22-20(24)7-4-12-23-21(26)19-6-3-2-5-17(19)15-25/h2-3,5-6,8-11,13-15H,4,7,12H2,1H3,(H,23,26). The summed E-state index contributed by atoms with van der Waals surface area (Å²) in [5.74, 6) is 0.0523. The number of benzene rings is 2. The van der Waals surface area contributed by atoms with Gasteiger partial charge in [0.25, 0.3) is 15.9 Å². The summed E-state index contributed by atoms with van der Waals surface area (Å²) in [4.78, 5) is 27.6. The second-order valence-corrected chi connectivity index (χ2v) is 8.34. The van der Waals surface area contributed by atoms with Crippen molar-refractivity contribution in [1.29, 1.82) is 0 Å². The maximum Gasteiger partial charge on any atom is 0.269 e. The normalized spacial score (nSPS) is 11.2. The molecule has 0 saturated carbocycles. The van der Waals surface area contributed by atoms with Crippen LogP contribution in [0.4, 0.5) is 0 Å². The zero-order valence-electron chi connectivity index (χ0n) is 15.9. The van der Waals surface area contributed by atoms with E-state index in [0.717, 1.165) is 5.56 Å². The number of hydrogen-bond acceptors (Lipinski definition) is 5. The van der Waals surface area contributed by atoms with E-state index in [9.17, 15) is 18.0 Å². The number of aromatic nitrogens is 2. The van der Waals surface area contributed by atoms with E-state index in [1.807, 2.05) is 6.92 Å². The number of carbonyl (C=O) groups is 2. The minimum absolute atomic E-state index is 0.195. The van der Waals surface area contributed by atoms with Crippen LogP contribution in [0.25, 0.3) is 0 Å². The highest BCUT2D eigenvalue weighted by atomic mass is 32.2. The van der Waals surface area contributed by atoms with Gasteiger partial charge in [-0.15, -0.1) is 0 Å². The van der Waals surface area contributed by atoms with E-state index < -0.39 is 10.0 Å². The lowest BCUT2D eigenvalue weighted by Crippen LogP contribution is -2.26. The Morgan fingerprint density at radius 1 is 1.14 bits per heavy atom. The lowest BCUT2D eigenvalue weighted by atomic mass is 10.1. The number of rotatable bonds is 8. The highest BCUT2D eigenvalue weighted by Crippen LogP contribution is 2.17. The van der Waals surface area contributed by atoms with E-state index in [1.165, 1.54) is 16.4 Å². The predicted octanol–water partition coefficient (Wildman–Crippen LogP) is 2.60. The number of imidazole rings is 1. The van der Waals surface area contributed by atoms with Crippen molar-refractivity contribution in [3.05, 3.63) is 83.4 Å². The molecule has 0 unspecified atom stereocenters. The van der Waals surface area contributed by atoms with Crippen LogP contribution in [0, 0.1) is 6.92 Å². The largest absolute Gasteiger partial charge is 0.352 e. The topological polar surface area (TPSA) is 98.1 Å². The van der Waals surface area contributed by atoms with Gasteiger partial charge in [0.05, 0.1) is 4.90 Å². The van der Waals surface area contributed by atoms with Gasteiger partial charge in [-0.2, -0.15) is 0 Å². The maximum atomic E-state index is 12.8. The van der Waals surface area contributed by atoms with Gasteiger partial charge >= 0.3 is 0 Å². The molecule has 8 heteroatoms. The average molecular weight is 411 g/mol. The molecule has 1 amide bonds. The van der Waals surface area contributed by atoms with Gasteiger partial charge in [0.2, 0.25) is 0 Å². The average Bonchev–Trinajstić information content (AvgIpc) is 3.21. The fourth-order valence-corrected chi connectivity index (χ4v) is 4.23. The number of carbonyl (C=O) groups excluding carboxylic acids is 2. The fourth-order valence-electron chi connectivity index (χ4n) is 2.89. The Morgan fingerprint density at radius 3 is 2.59 bits per heavy atom. The van der Waals surface area contributed by atoms with Gasteiger partial charge < -0.3 is 5.32 Å². The number of amides is 1. The molecule has 0 bridgehead atoms. The van der Waals surface area contributed by atoms with Gasteiger partial charge in [0, 0.05) is 36.5 Å². The van der Waals surface area contributed by atoms with Gasteiger partial charge in [0.1, 0.15) is 5.82 Å². The van der Waals surface area contributed by atoms with Crippen LogP contribution in [0.2, 0.25) is 0 Å². The van der Waals surface area contributed by atoms with Crippen LogP contribution < -0.4 is 5.32 Å². The molecule has 0 fully saturated rings. The molecule has 7 nitrogen and oxygen atoms in total. The third kappa shape index (κ3) is 4.60. The summed E-state index contributed by atoms with van der Waals surface area (Å²) in [6, 6.07) is 13.2. The minimum Gasteiger partial charge on any atom is -0.352 e. The Labute approximate surface area is 169 Å². The molecule has 0 atom stereocenters. The molecule has 3 aromatic rings. The van der Waals surface area contributed by atoms with Crippen LogP contribution in [0.15, 0.2) is 65.8 Å². The molecule has 0 aliphatic rings. The van der Waals surface area contributed by atoms with Crippen LogP contribution in [-0.2, 0) is 16.4 Å². The van der Waals surface area contributed by atoms with Crippen LogP contribution in [0.1, 0.15) is 38.5 Å². The quantitative estimate of drug-likeness (QED) is 0.454. The van der Waals surface area contributed by atoms with Crippen LogP contribution >= 0.6 is 0 Å². The Hall–Kier alpha value is -3.26. The van der Waals surface area contributed by atoms with E-state index in [2.05, 4.69) is 10.3 Å². The van der Waals surface area contributed by atoms with E-state index in [4.69, 9.17) is 0 Å². The van der Waals surface area contributed by atoms with Crippen molar-refractivity contribution in [3.63, 3.8) is 0 Å². The molecule has 0 saturated heterocycles. The van der Waals surface area contributed by atoms with Crippen LogP contribution in [-0.4, -0.2) is 36.1 Å². The minimum atomic E-state index is -3.72. The van der Waals surface area contributed by atoms with E-state index in [-0.39, 0.29) is 10.8 Å². The summed E-state index contributed by atoms with van der Waals surface area (Å²) in [6.45, 7) is 2.21. The van der Waals surface area contributed by atoms with Gasteiger partial charge in [0.15, 0.2) is 6.29 Å². The molecule has 0 aliphatic carbocycles. The first kappa shape index (κ1) is 20.5. The number of hydrogen-bond donors (Lipinski definition) is 1. The van der Waals surface area contributed by atoms with Crippen molar-refractivity contribution in [2.45, 2.75) is 24.7 Å². The summed E-state index contributed by atoms with van der Waals surface area (Å²) >= 11 is 0. The molecule has 1 N–H and O–H groups in total. The molecule has 0 spiro atoms. The van der Waals surface area contributed by atoms with E-state index in [0.29, 0.717) is 42.6 Å². The Kier molecular flexibility index (Phi) is 6.23.